The molecule has 4 heteroatoms. The van der Waals surface area contributed by atoms with E-state index in [-0.39, 0.29) is 0 Å². The van der Waals surface area contributed by atoms with Gasteiger partial charge >= 0.3 is 0 Å². The highest BCUT2D eigenvalue weighted by Gasteiger charge is 2.30. The molecule has 0 aromatic carbocycles. The van der Waals surface area contributed by atoms with Crippen LogP contribution in [0.4, 0.5) is 0 Å². The third-order valence-corrected chi connectivity index (χ3v) is 3.31. The van der Waals surface area contributed by atoms with Crippen LogP contribution < -0.4 is 0 Å². The second kappa shape index (κ2) is 3.69. The zero-order valence-corrected chi connectivity index (χ0v) is 8.72. The third-order valence-electron chi connectivity index (χ3n) is 3.31. The topological polar surface area (TPSA) is 50.9 Å². The minimum Gasteiger partial charge on any atom is -0.386 e. The van der Waals surface area contributed by atoms with Crippen molar-refractivity contribution in [2.24, 2.45) is 18.9 Å². The van der Waals surface area contributed by atoms with Crippen molar-refractivity contribution in [3.8, 4) is 0 Å². The second-order valence-electron chi connectivity index (χ2n) is 4.25. The Morgan fingerprint density at radius 1 is 1.57 bits per heavy atom. The molecule has 4 nitrogen and oxygen atoms in total. The smallest absolute Gasteiger partial charge is 0.111 e. The lowest BCUT2D eigenvalue weighted by molar-refractivity contribution is 0.0500. The average molecular weight is 195 g/mol. The maximum Gasteiger partial charge on any atom is 0.111 e. The fourth-order valence-corrected chi connectivity index (χ4v) is 1.99. The highest BCUT2D eigenvalue weighted by molar-refractivity contribution is 4.99. The van der Waals surface area contributed by atoms with E-state index in [2.05, 4.69) is 17.1 Å². The summed E-state index contributed by atoms with van der Waals surface area (Å²) in [6, 6.07) is 0. The molecular weight excluding hydrogens is 178 g/mol. The van der Waals surface area contributed by atoms with E-state index in [1.165, 1.54) is 24.1 Å². The summed E-state index contributed by atoms with van der Waals surface area (Å²) in [5.74, 6) is 0.979. The van der Waals surface area contributed by atoms with Crippen molar-refractivity contribution in [2.45, 2.75) is 32.3 Å². The molecule has 1 N–H and O–H groups in total. The van der Waals surface area contributed by atoms with Crippen LogP contribution in [0, 0.1) is 11.8 Å². The van der Waals surface area contributed by atoms with Crippen molar-refractivity contribution in [2.75, 3.05) is 0 Å². The Hall–Kier alpha value is -0.900. The van der Waals surface area contributed by atoms with Crippen LogP contribution in [0.2, 0.25) is 0 Å². The van der Waals surface area contributed by atoms with E-state index in [0.717, 1.165) is 0 Å². The first kappa shape index (κ1) is 9.65. The molecule has 1 heterocycles. The molecule has 0 saturated heterocycles. The molecule has 2 rings (SSSR count). The van der Waals surface area contributed by atoms with Gasteiger partial charge in [-0.1, -0.05) is 26.2 Å². The Morgan fingerprint density at radius 2 is 2.29 bits per heavy atom. The van der Waals surface area contributed by atoms with Gasteiger partial charge in [0.05, 0.1) is 6.20 Å². The molecule has 0 radical (unpaired) electrons. The van der Waals surface area contributed by atoms with Gasteiger partial charge in [-0.2, -0.15) is 15.0 Å². The molecule has 1 aromatic rings. The Labute approximate surface area is 83.9 Å². The molecule has 0 bridgehead atoms. The van der Waals surface area contributed by atoms with Crippen molar-refractivity contribution >= 4 is 0 Å². The number of rotatable bonds is 3. The van der Waals surface area contributed by atoms with E-state index in [1.807, 2.05) is 0 Å². The second-order valence-corrected chi connectivity index (χ2v) is 4.25. The molecule has 0 aliphatic heterocycles. The highest BCUT2D eigenvalue weighted by Crippen LogP contribution is 2.38. The summed E-state index contributed by atoms with van der Waals surface area (Å²) in [5, 5.41) is 18.1. The summed E-state index contributed by atoms with van der Waals surface area (Å²) in [4.78, 5) is 1.49. The fourth-order valence-electron chi connectivity index (χ4n) is 1.99. The predicted molar refractivity (Wildman–Crippen MR) is 52.5 cm³/mol. The minimum absolute atomic E-state index is 0.306. The van der Waals surface area contributed by atoms with Crippen molar-refractivity contribution < 1.29 is 5.11 Å². The van der Waals surface area contributed by atoms with Crippen LogP contribution in [0.5, 0.6) is 0 Å². The molecule has 1 fully saturated rings. The quantitative estimate of drug-likeness (QED) is 0.790. The number of aliphatic hydroxyl groups excluding tert-OH is 1. The van der Waals surface area contributed by atoms with E-state index in [4.69, 9.17) is 0 Å². The summed E-state index contributed by atoms with van der Waals surface area (Å²) >= 11 is 0. The molecule has 2 unspecified atom stereocenters. The van der Waals surface area contributed by atoms with Gasteiger partial charge in [-0.05, 0) is 11.8 Å². The highest BCUT2D eigenvalue weighted by atomic mass is 16.3. The third kappa shape index (κ3) is 1.66. The number of nitrogens with zero attached hydrogens (tertiary/aromatic N) is 3. The van der Waals surface area contributed by atoms with Gasteiger partial charge < -0.3 is 5.11 Å². The molecule has 0 spiro atoms. The Bertz CT molecular complexity index is 306. The lowest BCUT2D eigenvalue weighted by atomic mass is 9.74. The maximum absolute atomic E-state index is 10.0. The van der Waals surface area contributed by atoms with Crippen molar-refractivity contribution in [3.05, 3.63) is 11.9 Å². The van der Waals surface area contributed by atoms with E-state index in [1.54, 1.807) is 13.2 Å². The summed E-state index contributed by atoms with van der Waals surface area (Å²) < 4.78 is 0. The van der Waals surface area contributed by atoms with Gasteiger partial charge in [-0.25, -0.2) is 0 Å². The fraction of sp³-hybridized carbons (Fsp3) is 0.800. The van der Waals surface area contributed by atoms with Crippen LogP contribution in [0.25, 0.3) is 0 Å². The van der Waals surface area contributed by atoms with Crippen LogP contribution in [-0.2, 0) is 7.05 Å². The molecule has 14 heavy (non-hydrogen) atoms. The number of aromatic nitrogens is 3. The Balaban J connectivity index is 2.03. The lowest BCUT2D eigenvalue weighted by Crippen LogP contribution is -2.25. The van der Waals surface area contributed by atoms with Crippen LogP contribution in [0.1, 0.15) is 38.0 Å². The van der Waals surface area contributed by atoms with Gasteiger partial charge in [-0.3, -0.25) is 0 Å². The summed E-state index contributed by atoms with van der Waals surface area (Å²) in [6.07, 6.45) is 5.01. The Morgan fingerprint density at radius 3 is 2.71 bits per heavy atom. The van der Waals surface area contributed by atoms with Gasteiger partial charge in [0.2, 0.25) is 0 Å². The minimum atomic E-state index is -0.450. The molecule has 78 valence electrons. The van der Waals surface area contributed by atoms with E-state index < -0.39 is 6.10 Å². The van der Waals surface area contributed by atoms with Gasteiger partial charge in [0.25, 0.3) is 0 Å². The van der Waals surface area contributed by atoms with E-state index >= 15 is 0 Å². The number of hydrogen-bond acceptors (Lipinski definition) is 3. The maximum atomic E-state index is 10.0. The SMILES string of the molecule is CC(C1CCC1)C(O)c1cnn(C)n1. The average Bonchev–Trinajstić information content (AvgIpc) is 2.47. The zero-order chi connectivity index (χ0) is 10.1. The van der Waals surface area contributed by atoms with Crippen molar-refractivity contribution in [1.82, 2.24) is 15.0 Å². The summed E-state index contributed by atoms with van der Waals surface area (Å²) in [6.45, 7) is 2.10. The largest absolute Gasteiger partial charge is 0.386 e. The van der Waals surface area contributed by atoms with Crippen LogP contribution in [0.15, 0.2) is 6.20 Å². The first-order valence-electron chi connectivity index (χ1n) is 5.23. The van der Waals surface area contributed by atoms with Crippen LogP contribution in [-0.4, -0.2) is 20.1 Å². The van der Waals surface area contributed by atoms with Crippen LogP contribution in [0.3, 0.4) is 0 Å². The molecule has 2 atom stereocenters. The molecular formula is C10H17N3O. The standard InChI is InChI=1S/C10H17N3O/c1-7(8-4-3-5-8)10(14)9-6-11-13(2)12-9/h6-8,10,14H,3-5H2,1-2H3. The normalized spacial score (nSPS) is 21.6. The lowest BCUT2D eigenvalue weighted by Gasteiger charge is -2.33. The molecule has 0 amide bonds. The number of aliphatic hydroxyl groups is 1. The number of hydrogen-bond donors (Lipinski definition) is 1. The van der Waals surface area contributed by atoms with Crippen molar-refractivity contribution in [1.29, 1.82) is 0 Å². The first-order chi connectivity index (χ1) is 6.68. The van der Waals surface area contributed by atoms with Gasteiger partial charge in [0.1, 0.15) is 11.8 Å². The predicted octanol–water partition coefficient (Wildman–Crippen LogP) is 1.28. The molecule has 1 aliphatic rings. The van der Waals surface area contributed by atoms with E-state index in [9.17, 15) is 5.11 Å². The monoisotopic (exact) mass is 195 g/mol. The molecule has 1 aromatic heterocycles. The van der Waals surface area contributed by atoms with Gasteiger partial charge in [0.15, 0.2) is 0 Å². The van der Waals surface area contributed by atoms with Gasteiger partial charge in [-0.15, -0.1) is 0 Å². The molecule has 1 saturated carbocycles. The first-order valence-corrected chi connectivity index (χ1v) is 5.23. The van der Waals surface area contributed by atoms with Crippen molar-refractivity contribution in [3.63, 3.8) is 0 Å². The van der Waals surface area contributed by atoms with E-state index in [0.29, 0.717) is 17.5 Å². The summed E-state index contributed by atoms with van der Waals surface area (Å²) in [5.41, 5.74) is 0.701. The van der Waals surface area contributed by atoms with Crippen LogP contribution >= 0.6 is 0 Å². The number of aryl methyl sites for hydroxylation is 1. The molecule has 1 aliphatic carbocycles. The summed E-state index contributed by atoms with van der Waals surface area (Å²) in [7, 11) is 1.77. The Kier molecular flexibility index (Phi) is 2.54. The zero-order valence-electron chi connectivity index (χ0n) is 8.72. The van der Waals surface area contributed by atoms with Gasteiger partial charge in [0, 0.05) is 7.05 Å².